The molecule has 4 atom stereocenters. The number of hydrogen-bond donors (Lipinski definition) is 2. The van der Waals surface area contributed by atoms with Gasteiger partial charge in [-0.3, -0.25) is 14.4 Å². The first-order valence-electron chi connectivity index (χ1n) is 8.38. The number of nitrogens with zero attached hydrogens (tertiary/aromatic N) is 1. The Hall–Kier alpha value is -2.63. The van der Waals surface area contributed by atoms with E-state index in [1.54, 1.807) is 38.4 Å². The van der Waals surface area contributed by atoms with Crippen molar-refractivity contribution in [3.05, 3.63) is 42.0 Å². The number of rotatable bonds is 5. The highest BCUT2D eigenvalue weighted by Gasteiger charge is 2.51. The van der Waals surface area contributed by atoms with Gasteiger partial charge >= 0.3 is 5.97 Å². The normalized spacial score (nSPS) is 26.5. The van der Waals surface area contributed by atoms with Crippen molar-refractivity contribution in [2.75, 3.05) is 19.4 Å². The van der Waals surface area contributed by atoms with Gasteiger partial charge in [0.2, 0.25) is 11.8 Å². The molecule has 0 aliphatic heterocycles. The second-order valence-electron chi connectivity index (χ2n) is 6.99. The summed E-state index contributed by atoms with van der Waals surface area (Å²) in [5, 5.41) is 12.3. The molecular formula is C19H22N2O4. The van der Waals surface area contributed by atoms with Crippen molar-refractivity contribution in [2.45, 2.75) is 12.8 Å². The summed E-state index contributed by atoms with van der Waals surface area (Å²) in [5.41, 5.74) is 1.48. The number of nitrogens with one attached hydrogen (secondary N) is 1. The molecule has 6 nitrogen and oxygen atoms in total. The maximum Gasteiger partial charge on any atom is 0.307 e. The van der Waals surface area contributed by atoms with Crippen molar-refractivity contribution in [1.29, 1.82) is 0 Å². The number of carboxylic acid groups (broad SMARTS) is 1. The first-order chi connectivity index (χ1) is 11.9. The molecule has 2 N–H and O–H groups in total. The molecule has 0 heterocycles. The lowest BCUT2D eigenvalue weighted by Gasteiger charge is -2.23. The second-order valence-corrected chi connectivity index (χ2v) is 6.99. The molecule has 1 aromatic rings. The van der Waals surface area contributed by atoms with E-state index in [0.29, 0.717) is 12.1 Å². The number of anilines is 1. The number of aliphatic carboxylic acids is 1. The van der Waals surface area contributed by atoms with Crippen molar-refractivity contribution in [3.63, 3.8) is 0 Å². The molecule has 2 aliphatic carbocycles. The van der Waals surface area contributed by atoms with Crippen LogP contribution in [-0.2, 0) is 20.8 Å². The summed E-state index contributed by atoms with van der Waals surface area (Å²) in [6.07, 6.45) is 4.92. The number of carbonyl (C=O) groups is 3. The van der Waals surface area contributed by atoms with Gasteiger partial charge in [-0.1, -0.05) is 24.3 Å². The Balaban J connectivity index is 1.66. The molecule has 0 aromatic heterocycles. The Labute approximate surface area is 146 Å². The Bertz CT molecular complexity index is 723. The van der Waals surface area contributed by atoms with E-state index in [4.69, 9.17) is 0 Å². The van der Waals surface area contributed by atoms with Crippen molar-refractivity contribution >= 4 is 23.5 Å². The molecule has 0 spiro atoms. The van der Waals surface area contributed by atoms with Crippen LogP contribution in [0.2, 0.25) is 0 Å². The van der Waals surface area contributed by atoms with E-state index >= 15 is 0 Å². The topological polar surface area (TPSA) is 86.7 Å². The number of benzene rings is 1. The van der Waals surface area contributed by atoms with Crippen LogP contribution in [-0.4, -0.2) is 41.9 Å². The number of fused-ring (bicyclic) bond motifs is 2. The Morgan fingerprint density at radius 1 is 1.08 bits per heavy atom. The molecule has 2 bridgehead atoms. The Morgan fingerprint density at radius 2 is 1.68 bits per heavy atom. The summed E-state index contributed by atoms with van der Waals surface area (Å²) in [7, 11) is 3.42. The average Bonchev–Trinajstić information content (AvgIpc) is 3.17. The first kappa shape index (κ1) is 17.2. The molecular weight excluding hydrogens is 320 g/mol. The predicted octanol–water partition coefficient (Wildman–Crippen LogP) is 1.78. The number of carboxylic acids is 1. The van der Waals surface area contributed by atoms with Gasteiger partial charge < -0.3 is 15.3 Å². The monoisotopic (exact) mass is 342 g/mol. The largest absolute Gasteiger partial charge is 0.481 e. The Kier molecular flexibility index (Phi) is 4.61. The SMILES string of the molecule is CN(C)C(=O)Cc1ccc(NC(=O)[C@H]2[C@H](C(=O)O)[C@H]3C=C[C@H]2C3)cc1. The Morgan fingerprint density at radius 3 is 2.24 bits per heavy atom. The van der Waals surface area contributed by atoms with E-state index in [9.17, 15) is 19.5 Å². The smallest absolute Gasteiger partial charge is 0.307 e. The van der Waals surface area contributed by atoms with E-state index in [1.807, 2.05) is 12.2 Å². The van der Waals surface area contributed by atoms with Gasteiger partial charge in [-0.05, 0) is 36.0 Å². The molecule has 3 rings (SSSR count). The third kappa shape index (κ3) is 3.43. The zero-order chi connectivity index (χ0) is 18.1. The molecule has 0 radical (unpaired) electrons. The summed E-state index contributed by atoms with van der Waals surface area (Å²) < 4.78 is 0. The highest BCUT2D eigenvalue weighted by Crippen LogP contribution is 2.48. The number of amides is 2. The molecule has 0 saturated heterocycles. The lowest BCUT2D eigenvalue weighted by Crippen LogP contribution is -2.36. The van der Waals surface area contributed by atoms with Crippen molar-refractivity contribution in [2.24, 2.45) is 23.7 Å². The zero-order valence-electron chi connectivity index (χ0n) is 14.3. The second kappa shape index (κ2) is 6.70. The third-order valence-electron chi connectivity index (χ3n) is 5.12. The lowest BCUT2D eigenvalue weighted by atomic mass is 9.82. The van der Waals surface area contributed by atoms with Gasteiger partial charge in [-0.2, -0.15) is 0 Å². The van der Waals surface area contributed by atoms with Gasteiger partial charge in [-0.25, -0.2) is 0 Å². The van der Waals surface area contributed by atoms with E-state index in [1.165, 1.54) is 4.90 Å². The van der Waals surface area contributed by atoms with Crippen LogP contribution >= 0.6 is 0 Å². The zero-order valence-corrected chi connectivity index (χ0v) is 14.3. The number of likely N-dealkylation sites (N-methyl/N-ethyl adjacent to an activating group) is 1. The van der Waals surface area contributed by atoms with Gasteiger partial charge in [-0.15, -0.1) is 0 Å². The van der Waals surface area contributed by atoms with Gasteiger partial charge in [0, 0.05) is 19.8 Å². The standard InChI is InChI=1S/C19H22N2O4/c1-21(2)15(22)9-11-3-7-14(8-4-11)20-18(23)16-12-5-6-13(10-12)17(16)19(24)25/h3-8,12-13,16-17H,9-10H2,1-2H3,(H,20,23)(H,24,25)/t12-,13-,16+,17+/m0/s1. The van der Waals surface area contributed by atoms with Crippen LogP contribution in [0.25, 0.3) is 0 Å². The summed E-state index contributed by atoms with van der Waals surface area (Å²) in [6.45, 7) is 0. The van der Waals surface area contributed by atoms with Crippen LogP contribution in [0.5, 0.6) is 0 Å². The van der Waals surface area contributed by atoms with Crippen LogP contribution in [0.15, 0.2) is 36.4 Å². The lowest BCUT2D eigenvalue weighted by molar-refractivity contribution is -0.146. The minimum Gasteiger partial charge on any atom is -0.481 e. The predicted molar refractivity (Wildman–Crippen MR) is 92.8 cm³/mol. The van der Waals surface area contributed by atoms with E-state index < -0.39 is 17.8 Å². The van der Waals surface area contributed by atoms with Crippen LogP contribution in [0.3, 0.4) is 0 Å². The molecule has 6 heteroatoms. The average molecular weight is 342 g/mol. The number of allylic oxidation sites excluding steroid dienone is 2. The molecule has 2 aliphatic rings. The van der Waals surface area contributed by atoms with Gasteiger partial charge in [0.25, 0.3) is 0 Å². The summed E-state index contributed by atoms with van der Waals surface area (Å²) in [4.78, 5) is 37.4. The molecule has 1 fully saturated rings. The fraction of sp³-hybridized carbons (Fsp3) is 0.421. The molecule has 0 unspecified atom stereocenters. The fourth-order valence-corrected chi connectivity index (χ4v) is 3.78. The molecule has 25 heavy (non-hydrogen) atoms. The number of hydrogen-bond acceptors (Lipinski definition) is 3. The maximum absolute atomic E-state index is 12.6. The van der Waals surface area contributed by atoms with Crippen LogP contribution < -0.4 is 5.32 Å². The highest BCUT2D eigenvalue weighted by molar-refractivity contribution is 5.96. The summed E-state index contributed by atoms with van der Waals surface area (Å²) in [6, 6.07) is 7.09. The quantitative estimate of drug-likeness (QED) is 0.799. The molecule has 1 saturated carbocycles. The first-order valence-corrected chi connectivity index (χ1v) is 8.38. The van der Waals surface area contributed by atoms with Crippen molar-refractivity contribution < 1.29 is 19.5 Å². The highest BCUT2D eigenvalue weighted by atomic mass is 16.4. The summed E-state index contributed by atoms with van der Waals surface area (Å²) in [5.74, 6) is -2.36. The van der Waals surface area contributed by atoms with Crippen molar-refractivity contribution in [1.82, 2.24) is 4.90 Å². The van der Waals surface area contributed by atoms with Crippen LogP contribution in [0.4, 0.5) is 5.69 Å². The maximum atomic E-state index is 12.6. The number of carbonyl (C=O) groups excluding carboxylic acids is 2. The van der Waals surface area contributed by atoms with E-state index in [2.05, 4.69) is 5.32 Å². The van der Waals surface area contributed by atoms with Gasteiger partial charge in [0.15, 0.2) is 0 Å². The molecule has 132 valence electrons. The van der Waals surface area contributed by atoms with E-state index in [0.717, 1.165) is 12.0 Å². The van der Waals surface area contributed by atoms with Gasteiger partial charge in [0.1, 0.15) is 0 Å². The van der Waals surface area contributed by atoms with Crippen LogP contribution in [0.1, 0.15) is 12.0 Å². The minimum atomic E-state index is -0.908. The fourth-order valence-electron chi connectivity index (χ4n) is 3.78. The van der Waals surface area contributed by atoms with E-state index in [-0.39, 0.29) is 23.7 Å². The molecule has 2 amide bonds. The minimum absolute atomic E-state index is 0.00286. The van der Waals surface area contributed by atoms with Crippen LogP contribution in [0, 0.1) is 23.7 Å². The third-order valence-corrected chi connectivity index (χ3v) is 5.12. The molecule has 1 aromatic carbocycles. The van der Waals surface area contributed by atoms with Crippen molar-refractivity contribution in [3.8, 4) is 0 Å². The summed E-state index contributed by atoms with van der Waals surface area (Å²) >= 11 is 0. The van der Waals surface area contributed by atoms with Gasteiger partial charge in [0.05, 0.1) is 18.3 Å².